The number of fused-ring (bicyclic) bond motifs is 1. The summed E-state index contributed by atoms with van der Waals surface area (Å²) in [6, 6.07) is 7.24. The molecule has 0 atom stereocenters. The number of carbonyl (C=O) groups is 2. The number of benzene rings is 1. The first-order valence-corrected chi connectivity index (χ1v) is 9.85. The average molecular weight is 398 g/mol. The lowest BCUT2D eigenvalue weighted by Crippen LogP contribution is -2.41. The Hall–Kier alpha value is -3.00. The Labute approximate surface area is 166 Å². The van der Waals surface area contributed by atoms with Gasteiger partial charge in [0.15, 0.2) is 0 Å². The van der Waals surface area contributed by atoms with E-state index in [0.717, 1.165) is 22.4 Å². The summed E-state index contributed by atoms with van der Waals surface area (Å²) in [4.78, 5) is 42.8. The molecule has 28 heavy (non-hydrogen) atoms. The number of nitrogens with zero attached hydrogens (tertiary/aromatic N) is 2. The molecule has 2 amide bonds. The highest BCUT2D eigenvalue weighted by molar-refractivity contribution is 7.14. The lowest BCUT2D eigenvalue weighted by Gasteiger charge is -2.09. The molecule has 2 aromatic heterocycles. The van der Waals surface area contributed by atoms with Gasteiger partial charge in [-0.2, -0.15) is 0 Å². The Kier molecular flexibility index (Phi) is 5.89. The van der Waals surface area contributed by atoms with Gasteiger partial charge >= 0.3 is 0 Å². The van der Waals surface area contributed by atoms with Gasteiger partial charge in [0.2, 0.25) is 5.91 Å². The first-order chi connectivity index (χ1) is 13.4. The van der Waals surface area contributed by atoms with Gasteiger partial charge in [-0.05, 0) is 43.5 Å². The summed E-state index contributed by atoms with van der Waals surface area (Å²) in [6.45, 7) is 6.07. The zero-order chi connectivity index (χ0) is 20.3. The molecule has 3 rings (SSSR count). The largest absolute Gasteiger partial charge is 0.298 e. The minimum absolute atomic E-state index is 0.0445. The minimum Gasteiger partial charge on any atom is -0.298 e. The molecule has 0 spiro atoms. The smallest absolute Gasteiger partial charge is 0.279 e. The fourth-order valence-corrected chi connectivity index (χ4v) is 3.96. The molecule has 1 aromatic carbocycles. The van der Waals surface area contributed by atoms with Gasteiger partial charge in [-0.15, -0.1) is 11.3 Å². The van der Waals surface area contributed by atoms with Crippen molar-refractivity contribution in [3.63, 3.8) is 0 Å². The van der Waals surface area contributed by atoms with Crippen LogP contribution in [-0.4, -0.2) is 21.4 Å². The molecule has 0 aliphatic carbocycles. The monoisotopic (exact) mass is 398 g/mol. The van der Waals surface area contributed by atoms with Gasteiger partial charge in [-0.1, -0.05) is 19.1 Å². The number of hydrogen-bond donors (Lipinski definition) is 2. The summed E-state index contributed by atoms with van der Waals surface area (Å²) >= 11 is 1.42. The van der Waals surface area contributed by atoms with Crippen molar-refractivity contribution < 1.29 is 9.59 Å². The number of nitrogens with one attached hydrogen (secondary N) is 2. The van der Waals surface area contributed by atoms with Gasteiger partial charge < -0.3 is 0 Å². The molecule has 2 N–H and O–H groups in total. The van der Waals surface area contributed by atoms with E-state index < -0.39 is 0 Å². The van der Waals surface area contributed by atoms with E-state index in [1.54, 1.807) is 6.07 Å². The van der Waals surface area contributed by atoms with Crippen LogP contribution in [0.15, 0.2) is 35.4 Å². The molecule has 8 heteroatoms. The highest BCUT2D eigenvalue weighted by Gasteiger charge is 2.13. The summed E-state index contributed by atoms with van der Waals surface area (Å²) in [5, 5.41) is 0.524. The number of para-hydroxylation sites is 1. The molecule has 0 aliphatic heterocycles. The van der Waals surface area contributed by atoms with Crippen LogP contribution >= 0.6 is 11.3 Å². The quantitative estimate of drug-likeness (QED) is 0.646. The van der Waals surface area contributed by atoms with E-state index in [-0.39, 0.29) is 30.3 Å². The summed E-state index contributed by atoms with van der Waals surface area (Å²) in [5.74, 6) is -0.727. The lowest BCUT2D eigenvalue weighted by atomic mass is 10.1. The Morgan fingerprint density at radius 3 is 2.68 bits per heavy atom. The third-order valence-corrected chi connectivity index (χ3v) is 5.90. The highest BCUT2D eigenvalue weighted by Crippen LogP contribution is 2.22. The minimum atomic E-state index is -0.381. The van der Waals surface area contributed by atoms with Crippen LogP contribution in [0.4, 0.5) is 0 Å². The maximum atomic E-state index is 12.5. The Bertz CT molecular complexity index is 1100. The fraction of sp³-hybridized carbons (Fsp3) is 0.300. The van der Waals surface area contributed by atoms with Crippen LogP contribution in [-0.2, 0) is 17.8 Å². The Morgan fingerprint density at radius 1 is 1.18 bits per heavy atom. The van der Waals surface area contributed by atoms with Gasteiger partial charge in [-0.3, -0.25) is 29.8 Å². The third kappa shape index (κ3) is 4.12. The SMILES string of the molecule is CCc1sc(C(=O)NNC(=O)CCn2cnc3c(C)cccc3c2=O)cc1C. The van der Waals surface area contributed by atoms with E-state index in [1.165, 1.54) is 22.2 Å². The van der Waals surface area contributed by atoms with Crippen LogP contribution in [0.3, 0.4) is 0 Å². The van der Waals surface area contributed by atoms with E-state index >= 15 is 0 Å². The third-order valence-electron chi connectivity index (χ3n) is 4.52. The maximum absolute atomic E-state index is 12.5. The average Bonchev–Trinajstić information content (AvgIpc) is 3.07. The van der Waals surface area contributed by atoms with E-state index in [4.69, 9.17) is 0 Å². The summed E-state index contributed by atoms with van der Waals surface area (Å²) in [6.07, 6.45) is 2.36. The standard InChI is InChI=1S/C20H22N4O3S/c1-4-15-13(3)10-16(28-15)19(26)23-22-17(25)8-9-24-11-21-18-12(2)6-5-7-14(18)20(24)27/h5-7,10-11H,4,8-9H2,1-3H3,(H,22,25)(H,23,26). The molecular weight excluding hydrogens is 376 g/mol. The first kappa shape index (κ1) is 19.8. The van der Waals surface area contributed by atoms with Crippen molar-refractivity contribution in [2.75, 3.05) is 0 Å². The molecule has 0 radical (unpaired) electrons. The van der Waals surface area contributed by atoms with E-state index in [0.29, 0.717) is 15.8 Å². The van der Waals surface area contributed by atoms with E-state index in [2.05, 4.69) is 15.8 Å². The number of hydrazine groups is 1. The van der Waals surface area contributed by atoms with Crippen molar-refractivity contribution in [2.45, 2.75) is 40.2 Å². The second-order valence-electron chi connectivity index (χ2n) is 6.54. The predicted octanol–water partition coefficient (Wildman–Crippen LogP) is 2.49. The lowest BCUT2D eigenvalue weighted by molar-refractivity contribution is -0.122. The molecule has 3 aromatic rings. The van der Waals surface area contributed by atoms with Gasteiger partial charge in [-0.25, -0.2) is 4.98 Å². The van der Waals surface area contributed by atoms with Gasteiger partial charge in [0.1, 0.15) is 0 Å². The molecule has 0 unspecified atom stereocenters. The van der Waals surface area contributed by atoms with Crippen molar-refractivity contribution >= 4 is 34.1 Å². The van der Waals surface area contributed by atoms with Crippen molar-refractivity contribution in [3.8, 4) is 0 Å². The Balaban J connectivity index is 1.58. The number of thiophene rings is 1. The molecule has 2 heterocycles. The number of carbonyl (C=O) groups excluding carboxylic acids is 2. The Morgan fingerprint density at radius 2 is 1.96 bits per heavy atom. The number of amides is 2. The van der Waals surface area contributed by atoms with Crippen LogP contribution in [0, 0.1) is 13.8 Å². The van der Waals surface area contributed by atoms with Crippen LogP contribution in [0.1, 0.15) is 39.0 Å². The van der Waals surface area contributed by atoms with Gasteiger partial charge in [0.05, 0.1) is 22.1 Å². The molecule has 0 bridgehead atoms. The topological polar surface area (TPSA) is 93.1 Å². The summed E-state index contributed by atoms with van der Waals surface area (Å²) in [5.41, 5.74) is 7.29. The van der Waals surface area contributed by atoms with Gasteiger partial charge in [0, 0.05) is 17.8 Å². The molecule has 0 aliphatic rings. The molecule has 0 saturated carbocycles. The van der Waals surface area contributed by atoms with Crippen LogP contribution in [0.2, 0.25) is 0 Å². The zero-order valence-corrected chi connectivity index (χ0v) is 16.9. The molecule has 7 nitrogen and oxygen atoms in total. The second-order valence-corrected chi connectivity index (χ2v) is 7.67. The fourth-order valence-electron chi connectivity index (χ4n) is 2.95. The number of hydrogen-bond acceptors (Lipinski definition) is 5. The molecular formula is C20H22N4O3S. The first-order valence-electron chi connectivity index (χ1n) is 9.04. The number of aromatic nitrogens is 2. The highest BCUT2D eigenvalue weighted by atomic mass is 32.1. The van der Waals surface area contributed by atoms with Crippen LogP contribution in [0.5, 0.6) is 0 Å². The number of aryl methyl sites for hydroxylation is 4. The summed E-state index contributed by atoms with van der Waals surface area (Å²) < 4.78 is 1.40. The van der Waals surface area contributed by atoms with Crippen molar-refractivity contribution in [1.29, 1.82) is 0 Å². The van der Waals surface area contributed by atoms with Crippen molar-refractivity contribution in [1.82, 2.24) is 20.4 Å². The summed E-state index contributed by atoms with van der Waals surface area (Å²) in [7, 11) is 0. The normalized spacial score (nSPS) is 10.8. The van der Waals surface area contributed by atoms with E-state index in [9.17, 15) is 14.4 Å². The second kappa shape index (κ2) is 8.35. The predicted molar refractivity (Wildman–Crippen MR) is 109 cm³/mol. The molecule has 0 fully saturated rings. The molecule has 0 saturated heterocycles. The van der Waals surface area contributed by atoms with E-state index in [1.807, 2.05) is 39.0 Å². The maximum Gasteiger partial charge on any atom is 0.279 e. The zero-order valence-electron chi connectivity index (χ0n) is 16.0. The van der Waals surface area contributed by atoms with Crippen LogP contribution < -0.4 is 16.4 Å². The molecule has 146 valence electrons. The van der Waals surface area contributed by atoms with Crippen molar-refractivity contribution in [3.05, 3.63) is 61.8 Å². The van der Waals surface area contributed by atoms with Crippen molar-refractivity contribution in [2.24, 2.45) is 0 Å². The van der Waals surface area contributed by atoms with Gasteiger partial charge in [0.25, 0.3) is 11.5 Å². The van der Waals surface area contributed by atoms with Crippen LogP contribution in [0.25, 0.3) is 10.9 Å². The number of rotatable bonds is 5.